The number of aliphatic hydroxyl groups is 1. The highest BCUT2D eigenvalue weighted by atomic mass is 32.2. The van der Waals surface area contributed by atoms with Gasteiger partial charge in [0.05, 0.1) is 16.6 Å². The van der Waals surface area contributed by atoms with Crippen LogP contribution in [0.2, 0.25) is 0 Å². The molecule has 0 amide bonds. The third-order valence-electron chi connectivity index (χ3n) is 3.70. The standard InChI is InChI=1S/C14H19N3O3S/c15-9-10-8-11(16)6-7-14(10)21(19,20)17-12-4-2-1-3-5-13(12)18/h6-8,12-13,17-18H,1-5,16H2. The van der Waals surface area contributed by atoms with E-state index in [1.807, 2.05) is 6.07 Å². The number of nitrogens with zero attached hydrogens (tertiary/aromatic N) is 1. The number of nitrogens with one attached hydrogen (secondary N) is 1. The van der Waals surface area contributed by atoms with E-state index in [0.717, 1.165) is 19.3 Å². The van der Waals surface area contributed by atoms with Crippen LogP contribution in [0.5, 0.6) is 0 Å². The Morgan fingerprint density at radius 1 is 1.29 bits per heavy atom. The highest BCUT2D eigenvalue weighted by Gasteiger charge is 2.28. The third kappa shape index (κ3) is 3.73. The summed E-state index contributed by atoms with van der Waals surface area (Å²) in [6.45, 7) is 0. The molecule has 1 aromatic carbocycles. The van der Waals surface area contributed by atoms with Gasteiger partial charge in [0.2, 0.25) is 10.0 Å². The predicted molar refractivity (Wildman–Crippen MR) is 78.8 cm³/mol. The van der Waals surface area contributed by atoms with Gasteiger partial charge in [-0.15, -0.1) is 0 Å². The first kappa shape index (κ1) is 15.8. The van der Waals surface area contributed by atoms with E-state index in [2.05, 4.69) is 4.72 Å². The fraction of sp³-hybridized carbons (Fsp3) is 0.500. The number of rotatable bonds is 3. The van der Waals surface area contributed by atoms with Crippen molar-refractivity contribution in [2.75, 3.05) is 5.73 Å². The minimum absolute atomic E-state index is 0.00520. The normalized spacial score (nSPS) is 23.2. The van der Waals surface area contributed by atoms with Crippen molar-refractivity contribution >= 4 is 15.7 Å². The molecule has 114 valence electrons. The summed E-state index contributed by atoms with van der Waals surface area (Å²) in [4.78, 5) is -0.101. The molecule has 1 aromatic rings. The summed E-state index contributed by atoms with van der Waals surface area (Å²) < 4.78 is 27.4. The van der Waals surface area contributed by atoms with Gasteiger partial charge in [-0.2, -0.15) is 5.26 Å². The number of anilines is 1. The van der Waals surface area contributed by atoms with E-state index in [0.29, 0.717) is 18.5 Å². The molecule has 21 heavy (non-hydrogen) atoms. The van der Waals surface area contributed by atoms with Crippen LogP contribution in [0, 0.1) is 11.3 Å². The largest absolute Gasteiger partial charge is 0.399 e. The summed E-state index contributed by atoms with van der Waals surface area (Å²) in [5.41, 5.74) is 5.91. The van der Waals surface area contributed by atoms with E-state index in [9.17, 15) is 13.5 Å². The minimum atomic E-state index is -3.86. The van der Waals surface area contributed by atoms with Gasteiger partial charge < -0.3 is 10.8 Å². The number of nitrogens with two attached hydrogens (primary N) is 1. The molecule has 2 atom stereocenters. The summed E-state index contributed by atoms with van der Waals surface area (Å²) in [5, 5.41) is 19.1. The maximum absolute atomic E-state index is 12.4. The van der Waals surface area contributed by atoms with E-state index < -0.39 is 22.2 Å². The third-order valence-corrected chi connectivity index (χ3v) is 5.25. The van der Waals surface area contributed by atoms with Gasteiger partial charge in [0.15, 0.2) is 0 Å². The van der Waals surface area contributed by atoms with Crippen LogP contribution in [-0.4, -0.2) is 25.7 Å². The lowest BCUT2D eigenvalue weighted by atomic mass is 10.1. The fourth-order valence-corrected chi connectivity index (χ4v) is 4.00. The van der Waals surface area contributed by atoms with Crippen LogP contribution in [0.4, 0.5) is 5.69 Å². The highest BCUT2D eigenvalue weighted by Crippen LogP contribution is 2.22. The van der Waals surface area contributed by atoms with Gasteiger partial charge in [0.25, 0.3) is 0 Å². The van der Waals surface area contributed by atoms with Gasteiger partial charge in [0, 0.05) is 11.7 Å². The Bertz CT molecular complexity index is 652. The van der Waals surface area contributed by atoms with E-state index in [1.165, 1.54) is 18.2 Å². The molecule has 1 aliphatic rings. The van der Waals surface area contributed by atoms with E-state index in [4.69, 9.17) is 11.0 Å². The van der Waals surface area contributed by atoms with Gasteiger partial charge >= 0.3 is 0 Å². The molecule has 4 N–H and O–H groups in total. The Hall–Kier alpha value is -1.62. The van der Waals surface area contributed by atoms with Crippen LogP contribution < -0.4 is 10.5 Å². The molecule has 1 fully saturated rings. The molecule has 0 spiro atoms. The topological polar surface area (TPSA) is 116 Å². The molecule has 0 aliphatic heterocycles. The van der Waals surface area contributed by atoms with Crippen LogP contribution in [0.1, 0.15) is 37.7 Å². The second-order valence-corrected chi connectivity index (χ2v) is 6.98. The number of nitriles is 1. The number of benzene rings is 1. The summed E-state index contributed by atoms with van der Waals surface area (Å²) in [6, 6.07) is 5.42. The molecular weight excluding hydrogens is 290 g/mol. The number of hydrogen-bond acceptors (Lipinski definition) is 5. The van der Waals surface area contributed by atoms with E-state index in [1.54, 1.807) is 0 Å². The zero-order valence-corrected chi connectivity index (χ0v) is 12.4. The molecule has 1 aliphatic carbocycles. The Morgan fingerprint density at radius 2 is 2.00 bits per heavy atom. The van der Waals surface area contributed by atoms with Crippen molar-refractivity contribution in [2.45, 2.75) is 49.1 Å². The first-order valence-electron chi connectivity index (χ1n) is 6.94. The number of hydrogen-bond donors (Lipinski definition) is 3. The Balaban J connectivity index is 2.28. The molecule has 7 heteroatoms. The van der Waals surface area contributed by atoms with Crippen LogP contribution in [0.25, 0.3) is 0 Å². The molecule has 0 heterocycles. The number of nitrogen functional groups attached to an aromatic ring is 1. The van der Waals surface area contributed by atoms with Crippen LogP contribution in [-0.2, 0) is 10.0 Å². The zero-order chi connectivity index (χ0) is 15.5. The Kier molecular flexibility index (Phi) is 4.83. The summed E-state index contributed by atoms with van der Waals surface area (Å²) in [5.74, 6) is 0. The number of aliphatic hydroxyl groups excluding tert-OH is 1. The van der Waals surface area contributed by atoms with Crippen LogP contribution in [0.15, 0.2) is 23.1 Å². The molecule has 1 saturated carbocycles. The highest BCUT2D eigenvalue weighted by molar-refractivity contribution is 7.89. The second-order valence-electron chi connectivity index (χ2n) is 5.30. The molecule has 0 radical (unpaired) electrons. The summed E-state index contributed by atoms with van der Waals surface area (Å²) in [6.07, 6.45) is 3.24. The van der Waals surface area contributed by atoms with Crippen molar-refractivity contribution in [3.05, 3.63) is 23.8 Å². The van der Waals surface area contributed by atoms with Gasteiger partial charge in [-0.25, -0.2) is 13.1 Å². The predicted octanol–water partition coefficient (Wildman–Crippen LogP) is 1.11. The smallest absolute Gasteiger partial charge is 0.242 e. The van der Waals surface area contributed by atoms with Crippen LogP contribution in [0.3, 0.4) is 0 Å². The molecule has 2 unspecified atom stereocenters. The van der Waals surface area contributed by atoms with Crippen molar-refractivity contribution in [2.24, 2.45) is 0 Å². The lowest BCUT2D eigenvalue weighted by molar-refractivity contribution is 0.130. The lowest BCUT2D eigenvalue weighted by Crippen LogP contribution is -2.42. The molecule has 2 rings (SSSR count). The van der Waals surface area contributed by atoms with Gasteiger partial charge in [-0.3, -0.25) is 0 Å². The van der Waals surface area contributed by atoms with Crippen molar-refractivity contribution in [1.29, 1.82) is 5.26 Å². The van der Waals surface area contributed by atoms with Gasteiger partial charge in [-0.1, -0.05) is 19.3 Å². The maximum atomic E-state index is 12.4. The average Bonchev–Trinajstić information content (AvgIpc) is 2.63. The Morgan fingerprint density at radius 3 is 2.71 bits per heavy atom. The van der Waals surface area contributed by atoms with Crippen molar-refractivity contribution in [3.63, 3.8) is 0 Å². The van der Waals surface area contributed by atoms with Crippen molar-refractivity contribution in [1.82, 2.24) is 4.72 Å². The van der Waals surface area contributed by atoms with E-state index in [-0.39, 0.29) is 10.5 Å². The first-order valence-corrected chi connectivity index (χ1v) is 8.42. The zero-order valence-electron chi connectivity index (χ0n) is 11.6. The molecular formula is C14H19N3O3S. The first-order chi connectivity index (χ1) is 9.94. The molecule has 0 saturated heterocycles. The van der Waals surface area contributed by atoms with Crippen molar-refractivity contribution in [3.8, 4) is 6.07 Å². The van der Waals surface area contributed by atoms with Crippen molar-refractivity contribution < 1.29 is 13.5 Å². The minimum Gasteiger partial charge on any atom is -0.399 e. The maximum Gasteiger partial charge on any atom is 0.242 e. The average molecular weight is 309 g/mol. The van der Waals surface area contributed by atoms with Crippen LogP contribution >= 0.6 is 0 Å². The summed E-state index contributed by atoms with van der Waals surface area (Å²) >= 11 is 0. The summed E-state index contributed by atoms with van der Waals surface area (Å²) in [7, 11) is -3.86. The number of sulfonamides is 1. The molecule has 0 bridgehead atoms. The molecule has 6 nitrogen and oxygen atoms in total. The van der Waals surface area contributed by atoms with Gasteiger partial charge in [-0.05, 0) is 31.0 Å². The Labute approximate surface area is 124 Å². The second kappa shape index (κ2) is 6.43. The fourth-order valence-electron chi connectivity index (χ4n) is 2.56. The van der Waals surface area contributed by atoms with Gasteiger partial charge in [0.1, 0.15) is 6.07 Å². The van der Waals surface area contributed by atoms with E-state index >= 15 is 0 Å². The monoisotopic (exact) mass is 309 g/mol. The SMILES string of the molecule is N#Cc1cc(N)ccc1S(=O)(=O)NC1CCCCCC1O. The molecule has 0 aromatic heterocycles. The quantitative estimate of drug-likeness (QED) is 0.571. The lowest BCUT2D eigenvalue weighted by Gasteiger charge is -2.22.